The number of aryl methyl sites for hydroxylation is 1. The molecule has 1 saturated carbocycles. The monoisotopic (exact) mass is 394 g/mol. The van der Waals surface area contributed by atoms with E-state index in [1.165, 1.54) is 35.5 Å². The summed E-state index contributed by atoms with van der Waals surface area (Å²) in [5.41, 5.74) is 3.19. The summed E-state index contributed by atoms with van der Waals surface area (Å²) in [5.74, 6) is 1.20. The van der Waals surface area contributed by atoms with Crippen LogP contribution in [0.15, 0.2) is 53.8 Å². The van der Waals surface area contributed by atoms with Crippen LogP contribution < -0.4 is 4.72 Å². The number of hydrogen-bond donors (Lipinski definition) is 2. The molecule has 9 heteroatoms. The number of aromatic amines is 1. The highest BCUT2D eigenvalue weighted by atomic mass is 32.2. The summed E-state index contributed by atoms with van der Waals surface area (Å²) in [4.78, 5) is 4.48. The quantitative estimate of drug-likeness (QED) is 0.541. The molecule has 5 rings (SSSR count). The molecule has 1 aromatic carbocycles. The number of sulfonamides is 1. The molecule has 1 aliphatic carbocycles. The van der Waals surface area contributed by atoms with Crippen LogP contribution in [-0.4, -0.2) is 33.4 Å². The van der Waals surface area contributed by atoms with E-state index in [4.69, 9.17) is 0 Å². The summed E-state index contributed by atoms with van der Waals surface area (Å²) < 4.78 is 29.8. The van der Waals surface area contributed by atoms with Crippen LogP contribution in [0.3, 0.4) is 0 Å². The number of fused-ring (bicyclic) bond motifs is 1. The third-order valence-corrected chi connectivity index (χ3v) is 6.26. The molecule has 2 N–H and O–H groups in total. The molecule has 4 aromatic rings. The Morgan fingerprint density at radius 3 is 2.79 bits per heavy atom. The number of nitrogens with zero attached hydrogens (tertiary/aromatic N) is 4. The Hall–Kier alpha value is -3.20. The van der Waals surface area contributed by atoms with Gasteiger partial charge in [0.25, 0.3) is 10.0 Å². The second-order valence-electron chi connectivity index (χ2n) is 6.99. The average molecular weight is 394 g/mol. The molecule has 0 bridgehead atoms. The van der Waals surface area contributed by atoms with Crippen LogP contribution in [0.5, 0.6) is 0 Å². The van der Waals surface area contributed by atoms with Gasteiger partial charge in [-0.3, -0.25) is 9.82 Å². The van der Waals surface area contributed by atoms with Crippen LogP contribution in [0.25, 0.3) is 16.7 Å². The fourth-order valence-corrected chi connectivity index (χ4v) is 4.29. The minimum atomic E-state index is -3.80. The van der Waals surface area contributed by atoms with Crippen LogP contribution in [0.2, 0.25) is 0 Å². The van der Waals surface area contributed by atoms with Crippen molar-refractivity contribution in [1.29, 1.82) is 0 Å². The summed E-state index contributed by atoms with van der Waals surface area (Å²) in [6, 6.07) is 9.22. The highest BCUT2D eigenvalue weighted by Gasteiger charge is 2.24. The smallest absolute Gasteiger partial charge is 0.265 e. The van der Waals surface area contributed by atoms with E-state index >= 15 is 0 Å². The maximum absolute atomic E-state index is 12.9. The Morgan fingerprint density at radius 1 is 1.18 bits per heavy atom. The van der Waals surface area contributed by atoms with Crippen molar-refractivity contribution in [2.45, 2.75) is 30.6 Å². The Bertz CT molecular complexity index is 1270. The third-order valence-electron chi connectivity index (χ3n) is 4.94. The van der Waals surface area contributed by atoms with Crippen molar-refractivity contribution in [3.63, 3.8) is 0 Å². The summed E-state index contributed by atoms with van der Waals surface area (Å²) in [7, 11) is -3.80. The minimum Gasteiger partial charge on any atom is -0.279 e. The van der Waals surface area contributed by atoms with Gasteiger partial charge in [0.05, 0.1) is 29.3 Å². The van der Waals surface area contributed by atoms with Crippen molar-refractivity contribution in [2.75, 3.05) is 4.72 Å². The normalized spacial score (nSPS) is 14.5. The van der Waals surface area contributed by atoms with Gasteiger partial charge in [0, 0.05) is 11.6 Å². The van der Waals surface area contributed by atoms with Gasteiger partial charge < -0.3 is 0 Å². The van der Waals surface area contributed by atoms with Crippen LogP contribution >= 0.6 is 0 Å². The zero-order chi connectivity index (χ0) is 19.3. The Kier molecular flexibility index (Phi) is 3.73. The average Bonchev–Trinajstić information content (AvgIpc) is 3.28. The van der Waals surface area contributed by atoms with Gasteiger partial charge in [-0.25, -0.2) is 18.1 Å². The van der Waals surface area contributed by atoms with Crippen molar-refractivity contribution in [3.8, 4) is 5.82 Å². The van der Waals surface area contributed by atoms with E-state index in [1.807, 2.05) is 31.3 Å². The maximum atomic E-state index is 12.9. The molecular weight excluding hydrogens is 376 g/mol. The van der Waals surface area contributed by atoms with Crippen molar-refractivity contribution in [3.05, 3.63) is 60.2 Å². The second-order valence-corrected chi connectivity index (χ2v) is 8.67. The topological polar surface area (TPSA) is 106 Å². The molecule has 142 valence electrons. The molecule has 0 amide bonds. The number of nitrogens with one attached hydrogen (secondary N) is 2. The highest BCUT2D eigenvalue weighted by molar-refractivity contribution is 7.92. The summed E-state index contributed by atoms with van der Waals surface area (Å²) in [6.45, 7) is 1.83. The summed E-state index contributed by atoms with van der Waals surface area (Å²) in [5, 5.41) is 11.9. The van der Waals surface area contributed by atoms with Crippen LogP contribution in [0.1, 0.15) is 30.0 Å². The molecule has 0 saturated heterocycles. The van der Waals surface area contributed by atoms with E-state index in [1.54, 1.807) is 12.1 Å². The first-order valence-corrected chi connectivity index (χ1v) is 10.5. The van der Waals surface area contributed by atoms with Crippen LogP contribution in [0.4, 0.5) is 5.69 Å². The zero-order valence-electron chi connectivity index (χ0n) is 15.1. The van der Waals surface area contributed by atoms with Gasteiger partial charge in [-0.05, 0) is 49.4 Å². The SMILES string of the molecule is Cc1n[nH]c2cccc(NS(=O)(=O)c3cnn(-c4ccc(C5CC5)cn4)c3)c12. The number of aromatic nitrogens is 5. The van der Waals surface area contributed by atoms with Crippen LogP contribution in [-0.2, 0) is 10.0 Å². The first-order valence-electron chi connectivity index (χ1n) is 8.99. The number of H-pyrrole nitrogens is 1. The van der Waals surface area contributed by atoms with E-state index in [-0.39, 0.29) is 4.90 Å². The second kappa shape index (κ2) is 6.16. The molecule has 8 nitrogen and oxygen atoms in total. The largest absolute Gasteiger partial charge is 0.279 e. The Morgan fingerprint density at radius 2 is 2.04 bits per heavy atom. The van der Waals surface area contributed by atoms with E-state index in [0.717, 1.165) is 16.6 Å². The lowest BCUT2D eigenvalue weighted by Gasteiger charge is -2.07. The van der Waals surface area contributed by atoms with Gasteiger partial charge in [-0.2, -0.15) is 10.2 Å². The lowest BCUT2D eigenvalue weighted by Crippen LogP contribution is -2.12. The molecule has 1 aliphatic rings. The van der Waals surface area contributed by atoms with Crippen molar-refractivity contribution in [1.82, 2.24) is 25.0 Å². The molecular formula is C19H18N6O2S. The highest BCUT2D eigenvalue weighted by Crippen LogP contribution is 2.39. The van der Waals surface area contributed by atoms with Gasteiger partial charge in [0.2, 0.25) is 0 Å². The molecule has 0 unspecified atom stereocenters. The van der Waals surface area contributed by atoms with E-state index in [0.29, 0.717) is 17.4 Å². The van der Waals surface area contributed by atoms with Gasteiger partial charge in [0.1, 0.15) is 4.90 Å². The number of pyridine rings is 1. The number of benzene rings is 1. The van der Waals surface area contributed by atoms with E-state index in [2.05, 4.69) is 25.0 Å². The van der Waals surface area contributed by atoms with Gasteiger partial charge in [-0.15, -0.1) is 0 Å². The van der Waals surface area contributed by atoms with Gasteiger partial charge in [0.15, 0.2) is 5.82 Å². The molecule has 0 spiro atoms. The standard InChI is InChI=1S/C19H18N6O2S/c1-12-19-16(23-22-12)3-2-4-17(19)24-28(26,27)15-10-21-25(11-15)18-8-7-14(9-20-18)13-5-6-13/h2-4,7-11,13,24H,5-6H2,1H3,(H,22,23). The van der Waals surface area contributed by atoms with E-state index < -0.39 is 10.0 Å². The van der Waals surface area contributed by atoms with Crippen molar-refractivity contribution in [2.24, 2.45) is 0 Å². The molecule has 0 radical (unpaired) electrons. The zero-order valence-corrected chi connectivity index (χ0v) is 15.9. The maximum Gasteiger partial charge on any atom is 0.265 e. The minimum absolute atomic E-state index is 0.0683. The Labute approximate surface area is 161 Å². The van der Waals surface area contributed by atoms with Crippen molar-refractivity contribution < 1.29 is 8.42 Å². The lowest BCUT2D eigenvalue weighted by molar-refractivity contribution is 0.601. The molecule has 28 heavy (non-hydrogen) atoms. The third kappa shape index (κ3) is 2.93. The molecule has 0 aliphatic heterocycles. The van der Waals surface area contributed by atoms with Gasteiger partial charge >= 0.3 is 0 Å². The molecule has 0 atom stereocenters. The fraction of sp³-hybridized carbons (Fsp3) is 0.211. The van der Waals surface area contributed by atoms with E-state index in [9.17, 15) is 8.42 Å². The molecule has 1 fully saturated rings. The Balaban J connectivity index is 1.44. The fourth-order valence-electron chi connectivity index (χ4n) is 3.29. The van der Waals surface area contributed by atoms with Crippen LogP contribution in [0, 0.1) is 6.92 Å². The first-order chi connectivity index (χ1) is 13.5. The number of rotatable bonds is 5. The molecule has 3 aromatic heterocycles. The van der Waals surface area contributed by atoms with Crippen molar-refractivity contribution >= 4 is 26.6 Å². The summed E-state index contributed by atoms with van der Waals surface area (Å²) >= 11 is 0. The number of anilines is 1. The first kappa shape index (κ1) is 16.9. The lowest BCUT2D eigenvalue weighted by atomic mass is 10.2. The molecule has 3 heterocycles. The predicted octanol–water partition coefficient (Wildman–Crippen LogP) is 3.13. The predicted molar refractivity (Wildman–Crippen MR) is 105 cm³/mol. The summed E-state index contributed by atoms with van der Waals surface area (Å²) in [6.07, 6.45) is 7.04. The number of hydrogen-bond acceptors (Lipinski definition) is 5. The van der Waals surface area contributed by atoms with Gasteiger partial charge in [-0.1, -0.05) is 12.1 Å².